The summed E-state index contributed by atoms with van der Waals surface area (Å²) >= 11 is 0. The number of rotatable bonds is 1. The third-order valence-corrected chi connectivity index (χ3v) is 5.56. The molecule has 126 valence electrons. The van der Waals surface area contributed by atoms with Crippen molar-refractivity contribution in [3.05, 3.63) is 36.2 Å². The van der Waals surface area contributed by atoms with Gasteiger partial charge >= 0.3 is 0 Å². The number of hydrogen-bond acceptors (Lipinski definition) is 4. The zero-order chi connectivity index (χ0) is 16.7. The molecule has 2 saturated heterocycles. The topological polar surface area (TPSA) is 62.7 Å². The number of carbonyl (C=O) groups is 1. The third-order valence-electron chi connectivity index (χ3n) is 5.56. The van der Waals surface area contributed by atoms with Crippen molar-refractivity contribution in [2.75, 3.05) is 19.8 Å². The maximum atomic E-state index is 13.0. The number of ether oxygens (including phenoxy) is 1. The van der Waals surface area contributed by atoms with Crippen molar-refractivity contribution >= 4 is 16.7 Å². The first kappa shape index (κ1) is 15.4. The van der Waals surface area contributed by atoms with Crippen LogP contribution >= 0.6 is 0 Å². The highest BCUT2D eigenvalue weighted by atomic mass is 16.5. The number of aromatic hydroxyl groups is 1. The molecular formula is C19H22N2O3. The van der Waals surface area contributed by atoms with E-state index in [1.54, 1.807) is 6.20 Å². The molecule has 1 unspecified atom stereocenters. The summed E-state index contributed by atoms with van der Waals surface area (Å²) in [5.41, 5.74) is 0.324. The first-order chi connectivity index (χ1) is 11.6. The minimum absolute atomic E-state index is 0.0155. The van der Waals surface area contributed by atoms with Crippen molar-refractivity contribution in [1.82, 2.24) is 9.88 Å². The summed E-state index contributed by atoms with van der Waals surface area (Å²) in [6, 6.07) is 7.60. The van der Waals surface area contributed by atoms with Gasteiger partial charge in [-0.15, -0.1) is 0 Å². The normalized spacial score (nSPS) is 23.0. The molecule has 0 radical (unpaired) electrons. The van der Waals surface area contributed by atoms with E-state index in [0.717, 1.165) is 44.4 Å². The molecule has 1 N–H and O–H groups in total. The van der Waals surface area contributed by atoms with E-state index in [1.165, 1.54) is 0 Å². The highest BCUT2D eigenvalue weighted by Crippen LogP contribution is 2.43. The lowest BCUT2D eigenvalue weighted by atomic mass is 9.78. The standard InChI is InChI=1S/C19H22N2O3/c1-13-10-19(6-8-24-9-7-19)12-21(13)18(23)16-17(22)15-5-3-2-4-14(15)11-20-16/h2-5,11,13,22H,6-10,12H2,1H3. The summed E-state index contributed by atoms with van der Waals surface area (Å²) in [7, 11) is 0. The number of nitrogens with zero attached hydrogens (tertiary/aromatic N) is 2. The number of likely N-dealkylation sites (tertiary alicyclic amines) is 1. The fourth-order valence-electron chi connectivity index (χ4n) is 4.20. The van der Waals surface area contributed by atoms with Gasteiger partial charge in [0, 0.05) is 42.8 Å². The molecule has 4 rings (SSSR count). The maximum Gasteiger partial charge on any atom is 0.276 e. The van der Waals surface area contributed by atoms with E-state index in [4.69, 9.17) is 4.74 Å². The Kier molecular flexibility index (Phi) is 3.68. The zero-order valence-corrected chi connectivity index (χ0v) is 13.9. The van der Waals surface area contributed by atoms with Crippen LogP contribution in [0.15, 0.2) is 30.5 Å². The predicted octanol–water partition coefficient (Wildman–Crippen LogP) is 2.97. The molecule has 0 saturated carbocycles. The summed E-state index contributed by atoms with van der Waals surface area (Å²) < 4.78 is 5.48. The number of aromatic nitrogens is 1. The highest BCUT2D eigenvalue weighted by Gasteiger charge is 2.45. The number of benzene rings is 1. The van der Waals surface area contributed by atoms with Crippen LogP contribution in [0.3, 0.4) is 0 Å². The van der Waals surface area contributed by atoms with Crippen molar-refractivity contribution in [3.63, 3.8) is 0 Å². The lowest BCUT2D eigenvalue weighted by Crippen LogP contribution is -2.37. The Bertz CT molecular complexity index is 783. The molecule has 2 fully saturated rings. The van der Waals surface area contributed by atoms with Gasteiger partial charge in [-0.3, -0.25) is 4.79 Å². The second kappa shape index (κ2) is 5.74. The molecule has 0 bridgehead atoms. The van der Waals surface area contributed by atoms with Gasteiger partial charge in [-0.05, 0) is 31.6 Å². The Balaban J connectivity index is 1.65. The van der Waals surface area contributed by atoms with Gasteiger partial charge in [0.15, 0.2) is 11.4 Å². The van der Waals surface area contributed by atoms with Crippen molar-refractivity contribution in [2.24, 2.45) is 5.41 Å². The minimum atomic E-state index is -0.172. The first-order valence-electron chi connectivity index (χ1n) is 8.55. The van der Waals surface area contributed by atoms with Gasteiger partial charge in [0.25, 0.3) is 5.91 Å². The van der Waals surface area contributed by atoms with Crippen molar-refractivity contribution in [2.45, 2.75) is 32.2 Å². The molecule has 3 heterocycles. The molecule has 1 aromatic carbocycles. The largest absolute Gasteiger partial charge is 0.505 e. The van der Waals surface area contributed by atoms with E-state index < -0.39 is 0 Å². The van der Waals surface area contributed by atoms with Crippen LogP contribution in [0, 0.1) is 5.41 Å². The number of amides is 1. The summed E-state index contributed by atoms with van der Waals surface area (Å²) in [4.78, 5) is 19.2. The summed E-state index contributed by atoms with van der Waals surface area (Å²) in [6.07, 6.45) is 4.65. The van der Waals surface area contributed by atoms with Crippen molar-refractivity contribution < 1.29 is 14.6 Å². The number of pyridine rings is 1. The summed E-state index contributed by atoms with van der Waals surface area (Å²) in [6.45, 7) is 4.35. The number of carbonyl (C=O) groups excluding carboxylic acids is 1. The van der Waals surface area contributed by atoms with Crippen LogP contribution in [0.1, 0.15) is 36.7 Å². The van der Waals surface area contributed by atoms with E-state index in [1.807, 2.05) is 29.2 Å². The SMILES string of the molecule is CC1CC2(CCOCC2)CN1C(=O)c1ncc2ccccc2c1O. The van der Waals surface area contributed by atoms with Gasteiger partial charge in [-0.25, -0.2) is 4.98 Å². The molecule has 0 aliphatic carbocycles. The van der Waals surface area contributed by atoms with Gasteiger partial charge in [0.2, 0.25) is 0 Å². The molecule has 1 aromatic heterocycles. The van der Waals surface area contributed by atoms with Crippen LogP contribution in [0.5, 0.6) is 5.75 Å². The molecule has 1 amide bonds. The van der Waals surface area contributed by atoms with Crippen LogP contribution in [0.25, 0.3) is 10.8 Å². The fourth-order valence-corrected chi connectivity index (χ4v) is 4.20. The minimum Gasteiger partial charge on any atom is -0.505 e. The highest BCUT2D eigenvalue weighted by molar-refractivity contribution is 6.01. The van der Waals surface area contributed by atoms with E-state index >= 15 is 0 Å². The Hall–Kier alpha value is -2.14. The van der Waals surface area contributed by atoms with E-state index in [9.17, 15) is 9.90 Å². The average Bonchev–Trinajstić information content (AvgIpc) is 2.91. The Morgan fingerprint density at radius 1 is 1.33 bits per heavy atom. The van der Waals surface area contributed by atoms with Crippen molar-refractivity contribution in [1.29, 1.82) is 0 Å². The van der Waals surface area contributed by atoms with Crippen LogP contribution in [0.2, 0.25) is 0 Å². The Morgan fingerprint density at radius 3 is 2.88 bits per heavy atom. The number of fused-ring (bicyclic) bond motifs is 1. The van der Waals surface area contributed by atoms with Crippen molar-refractivity contribution in [3.8, 4) is 5.75 Å². The Labute approximate surface area is 141 Å². The van der Waals surface area contributed by atoms with Crippen LogP contribution in [-0.4, -0.2) is 46.7 Å². The molecule has 2 aliphatic heterocycles. The zero-order valence-electron chi connectivity index (χ0n) is 13.9. The summed E-state index contributed by atoms with van der Waals surface area (Å²) in [5, 5.41) is 12.0. The molecule has 1 spiro atoms. The molecule has 24 heavy (non-hydrogen) atoms. The average molecular weight is 326 g/mol. The van der Waals surface area contributed by atoms with Crippen LogP contribution < -0.4 is 0 Å². The van der Waals surface area contributed by atoms with E-state index in [0.29, 0.717) is 5.39 Å². The van der Waals surface area contributed by atoms with E-state index in [2.05, 4.69) is 11.9 Å². The van der Waals surface area contributed by atoms with Gasteiger partial charge < -0.3 is 14.7 Å². The fraction of sp³-hybridized carbons (Fsp3) is 0.474. The second-order valence-electron chi connectivity index (χ2n) is 7.14. The van der Waals surface area contributed by atoms with Crippen LogP contribution in [0.4, 0.5) is 0 Å². The Morgan fingerprint density at radius 2 is 2.08 bits per heavy atom. The first-order valence-corrected chi connectivity index (χ1v) is 8.55. The quantitative estimate of drug-likeness (QED) is 0.875. The van der Waals surface area contributed by atoms with Crippen LogP contribution in [-0.2, 0) is 4.74 Å². The molecule has 5 nitrogen and oxygen atoms in total. The smallest absolute Gasteiger partial charge is 0.276 e. The predicted molar refractivity (Wildman–Crippen MR) is 91.0 cm³/mol. The number of hydrogen-bond donors (Lipinski definition) is 1. The van der Waals surface area contributed by atoms with Gasteiger partial charge in [-0.1, -0.05) is 24.3 Å². The molecule has 1 atom stereocenters. The molecule has 2 aromatic rings. The van der Waals surface area contributed by atoms with E-state index in [-0.39, 0.29) is 28.8 Å². The third kappa shape index (κ3) is 2.44. The molecule has 5 heteroatoms. The summed E-state index contributed by atoms with van der Waals surface area (Å²) in [5.74, 6) is -0.188. The maximum absolute atomic E-state index is 13.0. The molecular weight excluding hydrogens is 304 g/mol. The second-order valence-corrected chi connectivity index (χ2v) is 7.14. The van der Waals surface area contributed by atoms with Gasteiger partial charge in [0.1, 0.15) is 0 Å². The van der Waals surface area contributed by atoms with Gasteiger partial charge in [0.05, 0.1) is 0 Å². The van der Waals surface area contributed by atoms with Gasteiger partial charge in [-0.2, -0.15) is 0 Å². The lowest BCUT2D eigenvalue weighted by molar-refractivity contribution is 0.0189. The molecule has 2 aliphatic rings. The monoisotopic (exact) mass is 326 g/mol. The lowest BCUT2D eigenvalue weighted by Gasteiger charge is -2.33.